The third-order valence-corrected chi connectivity index (χ3v) is 4.11. The lowest BCUT2D eigenvalue weighted by Gasteiger charge is -2.15. The Kier molecular flexibility index (Phi) is 4.10. The van der Waals surface area contributed by atoms with Crippen molar-refractivity contribution in [1.29, 1.82) is 0 Å². The molecule has 0 aromatic heterocycles. The van der Waals surface area contributed by atoms with Gasteiger partial charge in [0.05, 0.1) is 26.9 Å². The highest BCUT2D eigenvalue weighted by molar-refractivity contribution is 6.03. The number of fused-ring (bicyclic) bond motifs is 1. The van der Waals surface area contributed by atoms with Gasteiger partial charge >= 0.3 is 0 Å². The lowest BCUT2D eigenvalue weighted by Crippen LogP contribution is -2.13. The Labute approximate surface area is 135 Å². The Hall–Kier alpha value is -2.69. The molecule has 5 nitrogen and oxygen atoms in total. The van der Waals surface area contributed by atoms with Crippen molar-refractivity contribution in [2.75, 3.05) is 21.3 Å². The highest BCUT2D eigenvalue weighted by Crippen LogP contribution is 2.39. The monoisotopic (exact) mass is 313 g/mol. The van der Waals surface area contributed by atoms with Gasteiger partial charge in [-0.15, -0.1) is 0 Å². The van der Waals surface area contributed by atoms with Gasteiger partial charge in [-0.2, -0.15) is 0 Å². The van der Waals surface area contributed by atoms with E-state index < -0.39 is 0 Å². The second-order valence-electron chi connectivity index (χ2n) is 5.34. The molecule has 0 spiro atoms. The second-order valence-corrected chi connectivity index (χ2v) is 5.34. The number of rotatable bonds is 4. The van der Waals surface area contributed by atoms with Crippen molar-refractivity contribution in [3.8, 4) is 17.2 Å². The Morgan fingerprint density at radius 3 is 2.43 bits per heavy atom. The summed E-state index contributed by atoms with van der Waals surface area (Å²) >= 11 is 0. The van der Waals surface area contributed by atoms with Gasteiger partial charge in [0, 0.05) is 29.3 Å². The van der Waals surface area contributed by atoms with E-state index in [1.165, 1.54) is 0 Å². The molecule has 0 bridgehead atoms. The van der Waals surface area contributed by atoms with E-state index in [0.29, 0.717) is 22.8 Å². The molecule has 3 rings (SSSR count). The third-order valence-electron chi connectivity index (χ3n) is 4.11. The summed E-state index contributed by atoms with van der Waals surface area (Å²) in [5.41, 5.74) is 2.38. The summed E-state index contributed by atoms with van der Waals surface area (Å²) < 4.78 is 16.1. The summed E-state index contributed by atoms with van der Waals surface area (Å²) in [4.78, 5) is 12.3. The Morgan fingerprint density at radius 2 is 1.83 bits per heavy atom. The van der Waals surface area contributed by atoms with Crippen LogP contribution in [0.2, 0.25) is 0 Å². The van der Waals surface area contributed by atoms with E-state index in [1.54, 1.807) is 33.5 Å². The highest BCUT2D eigenvalue weighted by atomic mass is 16.5. The Balaban J connectivity index is 2.09. The van der Waals surface area contributed by atoms with Crippen LogP contribution in [0.25, 0.3) is 6.08 Å². The zero-order valence-corrected chi connectivity index (χ0v) is 13.4. The van der Waals surface area contributed by atoms with Crippen LogP contribution < -0.4 is 19.5 Å². The summed E-state index contributed by atoms with van der Waals surface area (Å²) in [6, 6.07) is 3.55. The second kappa shape index (κ2) is 6.20. The van der Waals surface area contributed by atoms with Crippen LogP contribution in [-0.4, -0.2) is 27.2 Å². The maximum absolute atomic E-state index is 12.3. The number of hydrogen-bond acceptors (Lipinski definition) is 4. The van der Waals surface area contributed by atoms with Gasteiger partial charge in [0.25, 0.3) is 5.91 Å². The maximum Gasteiger partial charge on any atom is 0.252 e. The molecule has 1 aromatic carbocycles. The average Bonchev–Trinajstić information content (AvgIpc) is 2.90. The van der Waals surface area contributed by atoms with Crippen molar-refractivity contribution >= 4 is 12.0 Å². The van der Waals surface area contributed by atoms with Crippen LogP contribution in [0.3, 0.4) is 0 Å². The minimum absolute atomic E-state index is 0.0593. The molecule has 2 aliphatic rings. The molecule has 1 atom stereocenters. The van der Waals surface area contributed by atoms with Crippen LogP contribution in [0, 0.1) is 5.92 Å². The summed E-state index contributed by atoms with van der Waals surface area (Å²) in [6.07, 6.45) is 8.61. The zero-order chi connectivity index (χ0) is 16.4. The molecule has 1 aliphatic heterocycles. The van der Waals surface area contributed by atoms with Crippen LogP contribution in [0.5, 0.6) is 17.2 Å². The molecule has 5 heteroatoms. The number of methoxy groups -OCH3 is 3. The Bertz CT molecular complexity index is 706. The molecule has 1 N–H and O–H groups in total. The van der Waals surface area contributed by atoms with Gasteiger partial charge in [-0.1, -0.05) is 12.2 Å². The minimum atomic E-state index is -0.0788. The predicted octanol–water partition coefficient (Wildman–Crippen LogP) is 2.69. The maximum atomic E-state index is 12.3. The molecule has 1 aromatic rings. The van der Waals surface area contributed by atoms with Gasteiger partial charge in [-0.05, 0) is 18.6 Å². The molecule has 1 aliphatic carbocycles. The highest BCUT2D eigenvalue weighted by Gasteiger charge is 2.33. The number of carbonyl (C=O) groups excluding carboxylic acids is 1. The number of ether oxygens (including phenoxy) is 3. The molecular formula is C18H19NO4. The molecule has 1 saturated heterocycles. The van der Waals surface area contributed by atoms with Crippen LogP contribution in [-0.2, 0) is 4.79 Å². The topological polar surface area (TPSA) is 56.8 Å². The number of hydrogen-bond donors (Lipinski definition) is 1. The van der Waals surface area contributed by atoms with E-state index in [9.17, 15) is 4.79 Å². The van der Waals surface area contributed by atoms with Crippen LogP contribution >= 0.6 is 0 Å². The average molecular weight is 313 g/mol. The SMILES string of the molecule is COc1cc(OC)c(C=C2C(=O)NC3=CC=CCC32)c(OC)c1. The Morgan fingerprint density at radius 1 is 1.13 bits per heavy atom. The van der Waals surface area contributed by atoms with E-state index >= 15 is 0 Å². The first-order valence-electron chi connectivity index (χ1n) is 7.37. The number of allylic oxidation sites excluding steroid dienone is 4. The first-order valence-corrected chi connectivity index (χ1v) is 7.37. The lowest BCUT2D eigenvalue weighted by atomic mass is 9.91. The quantitative estimate of drug-likeness (QED) is 0.868. The fourth-order valence-electron chi connectivity index (χ4n) is 2.91. The first-order chi connectivity index (χ1) is 11.2. The molecular weight excluding hydrogens is 294 g/mol. The van der Waals surface area contributed by atoms with Gasteiger partial charge in [-0.3, -0.25) is 4.79 Å². The van der Waals surface area contributed by atoms with E-state index in [1.807, 2.05) is 18.2 Å². The van der Waals surface area contributed by atoms with Crippen molar-refractivity contribution in [2.45, 2.75) is 6.42 Å². The summed E-state index contributed by atoms with van der Waals surface area (Å²) in [5, 5.41) is 2.92. The van der Waals surface area contributed by atoms with E-state index in [4.69, 9.17) is 14.2 Å². The van der Waals surface area contributed by atoms with Crippen LogP contribution in [0.15, 0.2) is 41.6 Å². The molecule has 120 valence electrons. The van der Waals surface area contributed by atoms with Crippen molar-refractivity contribution in [2.24, 2.45) is 5.92 Å². The van der Waals surface area contributed by atoms with E-state index in [2.05, 4.69) is 11.4 Å². The van der Waals surface area contributed by atoms with Gasteiger partial charge in [-0.25, -0.2) is 0 Å². The lowest BCUT2D eigenvalue weighted by molar-refractivity contribution is -0.115. The van der Waals surface area contributed by atoms with Crippen molar-refractivity contribution in [3.63, 3.8) is 0 Å². The zero-order valence-electron chi connectivity index (χ0n) is 13.4. The third kappa shape index (κ3) is 2.70. The molecule has 1 amide bonds. The molecule has 0 radical (unpaired) electrons. The van der Waals surface area contributed by atoms with Crippen LogP contribution in [0.1, 0.15) is 12.0 Å². The summed E-state index contributed by atoms with van der Waals surface area (Å²) in [5.74, 6) is 1.82. The number of amides is 1. The first kappa shape index (κ1) is 15.2. The van der Waals surface area contributed by atoms with Crippen molar-refractivity contribution < 1.29 is 19.0 Å². The normalized spacial score (nSPS) is 20.8. The molecule has 1 heterocycles. The van der Waals surface area contributed by atoms with E-state index in [-0.39, 0.29) is 11.8 Å². The predicted molar refractivity (Wildman–Crippen MR) is 87.5 cm³/mol. The number of nitrogens with one attached hydrogen (secondary N) is 1. The minimum Gasteiger partial charge on any atom is -0.496 e. The molecule has 0 saturated carbocycles. The van der Waals surface area contributed by atoms with Gasteiger partial charge in [0.15, 0.2) is 0 Å². The molecule has 1 fully saturated rings. The fraction of sp³-hybridized carbons (Fsp3) is 0.278. The van der Waals surface area contributed by atoms with Gasteiger partial charge in [0.2, 0.25) is 0 Å². The number of carbonyl (C=O) groups is 1. The van der Waals surface area contributed by atoms with Gasteiger partial charge < -0.3 is 19.5 Å². The smallest absolute Gasteiger partial charge is 0.252 e. The van der Waals surface area contributed by atoms with Crippen molar-refractivity contribution in [3.05, 3.63) is 47.2 Å². The van der Waals surface area contributed by atoms with Gasteiger partial charge in [0.1, 0.15) is 17.2 Å². The van der Waals surface area contributed by atoms with Crippen LogP contribution in [0.4, 0.5) is 0 Å². The molecule has 1 unspecified atom stereocenters. The summed E-state index contributed by atoms with van der Waals surface area (Å²) in [7, 11) is 4.75. The molecule has 23 heavy (non-hydrogen) atoms. The standard InChI is InChI=1S/C18H19NO4/c1-21-11-8-16(22-2)14(17(9-11)23-3)10-13-12-6-4-5-7-15(12)19-18(13)20/h4-5,7-10,12H,6H2,1-3H3,(H,19,20). The largest absolute Gasteiger partial charge is 0.496 e. The van der Waals surface area contributed by atoms with E-state index in [0.717, 1.165) is 17.7 Å². The number of benzene rings is 1. The fourth-order valence-corrected chi connectivity index (χ4v) is 2.91. The van der Waals surface area contributed by atoms with Crippen molar-refractivity contribution in [1.82, 2.24) is 5.32 Å². The summed E-state index contributed by atoms with van der Waals surface area (Å²) in [6.45, 7) is 0.